The molecule has 4 N–H and O–H groups in total. The maximum Gasteiger partial charge on any atom is 0.322 e. The minimum absolute atomic E-state index is 0.139. The SMILES string of the molecule is Cc1ccc(C=C(C(=O)N[C@@H](Cc2ccccc2)C[C@H](O)[C@H](Cc2ccccc2)NC(=O)COc2c(C)cccc2C)N2CCCNC2=O)cc1. The first-order valence-corrected chi connectivity index (χ1v) is 17.5. The van der Waals surface area contributed by atoms with Crippen LogP contribution in [0.1, 0.15) is 46.2 Å². The zero-order chi connectivity index (χ0) is 36.2. The molecule has 9 nitrogen and oxygen atoms in total. The lowest BCUT2D eigenvalue weighted by molar-refractivity contribution is -0.125. The van der Waals surface area contributed by atoms with Gasteiger partial charge >= 0.3 is 6.03 Å². The third kappa shape index (κ3) is 10.8. The molecule has 4 aromatic rings. The number of amides is 4. The van der Waals surface area contributed by atoms with Crippen molar-refractivity contribution in [2.75, 3.05) is 19.7 Å². The van der Waals surface area contributed by atoms with E-state index in [2.05, 4.69) is 16.0 Å². The van der Waals surface area contributed by atoms with Gasteiger partial charge in [0.15, 0.2) is 6.61 Å². The molecule has 1 heterocycles. The molecule has 4 aromatic carbocycles. The zero-order valence-corrected chi connectivity index (χ0v) is 29.6. The van der Waals surface area contributed by atoms with Crippen LogP contribution in [0, 0.1) is 20.8 Å². The van der Waals surface area contributed by atoms with E-state index in [9.17, 15) is 19.5 Å². The van der Waals surface area contributed by atoms with Crippen LogP contribution in [-0.4, -0.2) is 65.7 Å². The summed E-state index contributed by atoms with van der Waals surface area (Å²) in [6, 6.07) is 31.4. The average Bonchev–Trinajstić information content (AvgIpc) is 3.12. The topological polar surface area (TPSA) is 120 Å². The first-order valence-electron chi connectivity index (χ1n) is 17.5. The maximum atomic E-state index is 14.2. The third-order valence-corrected chi connectivity index (χ3v) is 9.04. The number of rotatable bonds is 15. The molecule has 1 fully saturated rings. The highest BCUT2D eigenvalue weighted by Gasteiger charge is 2.30. The molecular weight excluding hydrogens is 640 g/mol. The van der Waals surface area contributed by atoms with Gasteiger partial charge in [-0.25, -0.2) is 4.79 Å². The lowest BCUT2D eigenvalue weighted by atomic mass is 9.93. The van der Waals surface area contributed by atoms with Crippen LogP contribution in [0.4, 0.5) is 4.79 Å². The van der Waals surface area contributed by atoms with E-state index in [-0.39, 0.29) is 30.7 Å². The summed E-state index contributed by atoms with van der Waals surface area (Å²) in [6.07, 6.45) is 2.33. The fourth-order valence-corrected chi connectivity index (χ4v) is 6.32. The van der Waals surface area contributed by atoms with Gasteiger partial charge in [-0.15, -0.1) is 0 Å². The van der Waals surface area contributed by atoms with Crippen LogP contribution in [0.5, 0.6) is 5.75 Å². The predicted octanol–water partition coefficient (Wildman–Crippen LogP) is 5.65. The number of urea groups is 1. The fourth-order valence-electron chi connectivity index (χ4n) is 6.32. The van der Waals surface area contributed by atoms with E-state index in [4.69, 9.17) is 4.74 Å². The fraction of sp³-hybridized carbons (Fsp3) is 0.310. The molecule has 51 heavy (non-hydrogen) atoms. The Bertz CT molecular complexity index is 1770. The Hall–Kier alpha value is -5.41. The predicted molar refractivity (Wildman–Crippen MR) is 200 cm³/mol. The number of para-hydroxylation sites is 1. The highest BCUT2D eigenvalue weighted by atomic mass is 16.5. The molecule has 1 aliphatic heterocycles. The second-order valence-electron chi connectivity index (χ2n) is 13.2. The van der Waals surface area contributed by atoms with Gasteiger partial charge in [-0.3, -0.25) is 14.5 Å². The van der Waals surface area contributed by atoms with Crippen LogP contribution in [0.25, 0.3) is 6.08 Å². The van der Waals surface area contributed by atoms with Crippen molar-refractivity contribution in [1.29, 1.82) is 0 Å². The Labute approximate surface area is 300 Å². The molecule has 0 bridgehead atoms. The number of aryl methyl sites for hydroxylation is 3. The molecule has 9 heteroatoms. The summed E-state index contributed by atoms with van der Waals surface area (Å²) in [6.45, 7) is 6.59. The summed E-state index contributed by atoms with van der Waals surface area (Å²) in [7, 11) is 0. The smallest absolute Gasteiger partial charge is 0.322 e. The maximum absolute atomic E-state index is 14.2. The van der Waals surface area contributed by atoms with Crippen molar-refractivity contribution in [2.24, 2.45) is 0 Å². The molecule has 3 atom stereocenters. The van der Waals surface area contributed by atoms with Gasteiger partial charge in [0.05, 0.1) is 12.1 Å². The molecule has 1 saturated heterocycles. The largest absolute Gasteiger partial charge is 0.483 e. The highest BCUT2D eigenvalue weighted by molar-refractivity contribution is 6.01. The molecule has 1 aliphatic rings. The van der Waals surface area contributed by atoms with Crippen LogP contribution in [0.3, 0.4) is 0 Å². The zero-order valence-electron chi connectivity index (χ0n) is 29.6. The number of carbonyl (C=O) groups is 3. The summed E-state index contributed by atoms with van der Waals surface area (Å²) in [5.74, 6) is -0.123. The van der Waals surface area contributed by atoms with Crippen LogP contribution in [-0.2, 0) is 22.4 Å². The number of aliphatic hydroxyl groups excluding tert-OH is 1. The Morgan fingerprint density at radius 2 is 1.47 bits per heavy atom. The Balaban J connectivity index is 1.38. The second-order valence-corrected chi connectivity index (χ2v) is 13.2. The Kier molecular flexibility index (Phi) is 13.0. The second kappa shape index (κ2) is 18.0. The lowest BCUT2D eigenvalue weighted by Crippen LogP contribution is -2.52. The molecule has 0 aliphatic carbocycles. The number of ether oxygens (including phenoxy) is 1. The molecule has 4 amide bonds. The van der Waals surface area contributed by atoms with E-state index in [1.807, 2.05) is 124 Å². The summed E-state index contributed by atoms with van der Waals surface area (Å²) in [4.78, 5) is 42.0. The van der Waals surface area contributed by atoms with Gasteiger partial charge in [-0.1, -0.05) is 109 Å². The van der Waals surface area contributed by atoms with E-state index in [1.165, 1.54) is 4.90 Å². The molecule has 0 unspecified atom stereocenters. The van der Waals surface area contributed by atoms with Crippen molar-refractivity contribution in [3.8, 4) is 5.75 Å². The molecular formula is C42H48N4O5. The van der Waals surface area contributed by atoms with Crippen LogP contribution in [0.2, 0.25) is 0 Å². The summed E-state index contributed by atoms with van der Waals surface area (Å²) < 4.78 is 5.93. The Morgan fingerprint density at radius 1 is 0.843 bits per heavy atom. The standard InChI is InChI=1S/C42H48N4O5/c1-29-18-20-34(21-19-29)26-37(46-23-11-22-43-42(46)50)41(49)44-35(24-32-14-6-4-7-15-32)27-38(47)36(25-33-16-8-5-9-17-33)45-39(48)28-51-40-30(2)12-10-13-31(40)3/h4-10,12-21,26,35-36,38,47H,11,22-25,27-28H2,1-3H3,(H,43,50)(H,44,49)(H,45,48)/t35-,36-,38-/m0/s1. The van der Waals surface area contributed by atoms with Crippen LogP contribution < -0.4 is 20.7 Å². The van der Waals surface area contributed by atoms with Gasteiger partial charge in [0.25, 0.3) is 11.8 Å². The van der Waals surface area contributed by atoms with Crippen LogP contribution >= 0.6 is 0 Å². The third-order valence-electron chi connectivity index (χ3n) is 9.04. The van der Waals surface area contributed by atoms with E-state index >= 15 is 0 Å². The lowest BCUT2D eigenvalue weighted by Gasteiger charge is -2.31. The molecule has 266 valence electrons. The van der Waals surface area contributed by atoms with E-state index in [0.717, 1.165) is 33.4 Å². The quantitative estimate of drug-likeness (QED) is 0.120. The monoisotopic (exact) mass is 688 g/mol. The minimum Gasteiger partial charge on any atom is -0.483 e. The Morgan fingerprint density at radius 3 is 2.10 bits per heavy atom. The molecule has 0 spiro atoms. The van der Waals surface area contributed by atoms with Crippen molar-refractivity contribution >= 4 is 23.9 Å². The molecule has 0 aromatic heterocycles. The number of benzene rings is 4. The number of carbonyl (C=O) groups excluding carboxylic acids is 3. The van der Waals surface area contributed by atoms with Gasteiger partial charge in [0.2, 0.25) is 0 Å². The van der Waals surface area contributed by atoms with Gasteiger partial charge in [0, 0.05) is 19.1 Å². The number of nitrogens with zero attached hydrogens (tertiary/aromatic N) is 1. The van der Waals surface area contributed by atoms with Crippen molar-refractivity contribution < 1.29 is 24.2 Å². The van der Waals surface area contributed by atoms with Gasteiger partial charge in [-0.2, -0.15) is 0 Å². The van der Waals surface area contributed by atoms with Gasteiger partial charge < -0.3 is 25.8 Å². The first-order chi connectivity index (χ1) is 24.7. The number of aliphatic hydroxyl groups is 1. The van der Waals surface area contributed by atoms with Gasteiger partial charge in [0.1, 0.15) is 11.4 Å². The minimum atomic E-state index is -1.04. The average molecular weight is 689 g/mol. The van der Waals surface area contributed by atoms with E-state index < -0.39 is 24.1 Å². The van der Waals surface area contributed by atoms with Crippen molar-refractivity contribution in [2.45, 2.75) is 64.6 Å². The molecule has 0 radical (unpaired) electrons. The number of hydrogen-bond acceptors (Lipinski definition) is 5. The molecule has 5 rings (SSSR count). The number of hydrogen-bond donors (Lipinski definition) is 4. The summed E-state index contributed by atoms with van der Waals surface area (Å²) >= 11 is 0. The van der Waals surface area contributed by atoms with Crippen molar-refractivity contribution in [1.82, 2.24) is 20.9 Å². The normalized spacial score (nSPS) is 14.9. The summed E-state index contributed by atoms with van der Waals surface area (Å²) in [5, 5.41) is 20.9. The highest BCUT2D eigenvalue weighted by Crippen LogP contribution is 2.23. The van der Waals surface area contributed by atoms with E-state index in [0.29, 0.717) is 38.1 Å². The van der Waals surface area contributed by atoms with Crippen LogP contribution in [0.15, 0.2) is 109 Å². The van der Waals surface area contributed by atoms with E-state index in [1.54, 1.807) is 6.08 Å². The van der Waals surface area contributed by atoms with Gasteiger partial charge in [-0.05, 0) is 80.3 Å². The number of nitrogens with one attached hydrogen (secondary N) is 3. The first kappa shape index (κ1) is 36.9. The summed E-state index contributed by atoms with van der Waals surface area (Å²) in [5.41, 5.74) is 5.88. The van der Waals surface area contributed by atoms with Crippen molar-refractivity contribution in [3.05, 3.63) is 142 Å². The van der Waals surface area contributed by atoms with Crippen molar-refractivity contribution in [3.63, 3.8) is 0 Å². The molecule has 0 saturated carbocycles.